The number of nitrogens with zero attached hydrogens (tertiary/aromatic N) is 1. The number of halogens is 1. The number of pyridine rings is 1. The van der Waals surface area contributed by atoms with Crippen LogP contribution in [0, 0.1) is 0 Å². The van der Waals surface area contributed by atoms with Crippen molar-refractivity contribution in [2.75, 3.05) is 5.32 Å². The Labute approximate surface area is 122 Å². The van der Waals surface area contributed by atoms with E-state index >= 15 is 0 Å². The summed E-state index contributed by atoms with van der Waals surface area (Å²) in [6.07, 6.45) is 2.57. The molecule has 0 aliphatic heterocycles. The molecule has 0 fully saturated rings. The second kappa shape index (κ2) is 5.55. The molecule has 0 radical (unpaired) electrons. The van der Waals surface area contributed by atoms with Gasteiger partial charge in [0.05, 0.1) is 0 Å². The van der Waals surface area contributed by atoms with Crippen LogP contribution in [0.4, 0.5) is 5.69 Å². The average molecular weight is 287 g/mol. The van der Waals surface area contributed by atoms with Crippen LogP contribution in [-0.2, 0) is 13.0 Å². The summed E-state index contributed by atoms with van der Waals surface area (Å²) in [6.45, 7) is 2.81. The van der Waals surface area contributed by atoms with Crippen molar-refractivity contribution in [3.05, 3.63) is 59.1 Å². The lowest BCUT2D eigenvalue weighted by Crippen LogP contribution is -2.01. The maximum atomic E-state index is 5.89. The molecular weight excluding hydrogens is 272 g/mol. The van der Waals surface area contributed by atoms with Crippen LogP contribution in [0.15, 0.2) is 47.0 Å². The number of benzene rings is 1. The number of nitrogens with one attached hydrogen (secondary N) is 1. The van der Waals surface area contributed by atoms with Gasteiger partial charge < -0.3 is 9.73 Å². The molecule has 0 aliphatic carbocycles. The Kier molecular flexibility index (Phi) is 3.61. The number of rotatable bonds is 4. The SMILES string of the molecule is CCc1oc2ccccc2c1CNc1ccnc(Cl)c1. The first kappa shape index (κ1) is 13.0. The Bertz CT molecular complexity index is 736. The van der Waals surface area contributed by atoms with Gasteiger partial charge in [0, 0.05) is 35.8 Å². The van der Waals surface area contributed by atoms with Crippen LogP contribution in [0.2, 0.25) is 5.15 Å². The summed E-state index contributed by atoms with van der Waals surface area (Å²) in [4.78, 5) is 3.98. The standard InChI is InChI=1S/C16H15ClN2O/c1-2-14-13(12-5-3-4-6-15(12)20-14)10-19-11-7-8-18-16(17)9-11/h3-9H,2,10H2,1H3,(H,18,19). The molecule has 0 bridgehead atoms. The molecule has 0 saturated heterocycles. The zero-order valence-corrected chi connectivity index (χ0v) is 11.9. The third-order valence-electron chi connectivity index (χ3n) is 3.30. The van der Waals surface area contributed by atoms with Gasteiger partial charge in [-0.25, -0.2) is 4.98 Å². The second-order valence-electron chi connectivity index (χ2n) is 4.57. The normalized spacial score (nSPS) is 10.9. The van der Waals surface area contributed by atoms with Crippen LogP contribution in [0.5, 0.6) is 0 Å². The first-order valence-electron chi connectivity index (χ1n) is 6.62. The molecule has 1 N–H and O–H groups in total. The minimum Gasteiger partial charge on any atom is -0.461 e. The van der Waals surface area contributed by atoms with Crippen LogP contribution >= 0.6 is 11.6 Å². The van der Waals surface area contributed by atoms with E-state index in [2.05, 4.69) is 23.3 Å². The zero-order chi connectivity index (χ0) is 13.9. The molecule has 102 valence electrons. The number of anilines is 1. The summed E-state index contributed by atoms with van der Waals surface area (Å²) in [5.41, 5.74) is 3.10. The molecule has 2 aromatic heterocycles. The molecule has 0 atom stereocenters. The first-order chi connectivity index (χ1) is 9.78. The Hall–Kier alpha value is -2.00. The van der Waals surface area contributed by atoms with Crippen molar-refractivity contribution in [3.63, 3.8) is 0 Å². The Morgan fingerprint density at radius 1 is 1.25 bits per heavy atom. The van der Waals surface area contributed by atoms with Gasteiger partial charge in [-0.2, -0.15) is 0 Å². The quantitative estimate of drug-likeness (QED) is 0.709. The highest BCUT2D eigenvalue weighted by atomic mass is 35.5. The summed E-state index contributed by atoms with van der Waals surface area (Å²) in [7, 11) is 0. The summed E-state index contributed by atoms with van der Waals surface area (Å²) < 4.78 is 5.88. The van der Waals surface area contributed by atoms with Crippen molar-refractivity contribution in [2.45, 2.75) is 19.9 Å². The van der Waals surface area contributed by atoms with E-state index in [-0.39, 0.29) is 0 Å². The van der Waals surface area contributed by atoms with Crippen LogP contribution in [-0.4, -0.2) is 4.98 Å². The largest absolute Gasteiger partial charge is 0.461 e. The second-order valence-corrected chi connectivity index (χ2v) is 4.96. The molecule has 3 nitrogen and oxygen atoms in total. The van der Waals surface area contributed by atoms with Gasteiger partial charge in [-0.15, -0.1) is 0 Å². The highest BCUT2D eigenvalue weighted by Crippen LogP contribution is 2.27. The van der Waals surface area contributed by atoms with E-state index in [0.29, 0.717) is 11.7 Å². The van der Waals surface area contributed by atoms with E-state index in [9.17, 15) is 0 Å². The fourth-order valence-corrected chi connectivity index (χ4v) is 2.51. The summed E-state index contributed by atoms with van der Waals surface area (Å²) in [6, 6.07) is 11.8. The number of hydrogen-bond acceptors (Lipinski definition) is 3. The van der Waals surface area contributed by atoms with Gasteiger partial charge in [-0.1, -0.05) is 36.7 Å². The summed E-state index contributed by atoms with van der Waals surface area (Å²) in [5.74, 6) is 1.03. The molecule has 0 unspecified atom stereocenters. The lowest BCUT2D eigenvalue weighted by atomic mass is 10.1. The summed E-state index contributed by atoms with van der Waals surface area (Å²) in [5, 5.41) is 5.02. The molecule has 0 spiro atoms. The van der Waals surface area contributed by atoms with E-state index in [4.69, 9.17) is 16.0 Å². The number of fused-ring (bicyclic) bond motifs is 1. The third kappa shape index (κ3) is 2.49. The number of furan rings is 1. The minimum absolute atomic E-state index is 0.489. The Morgan fingerprint density at radius 3 is 2.90 bits per heavy atom. The predicted octanol–water partition coefficient (Wildman–Crippen LogP) is 4.66. The zero-order valence-electron chi connectivity index (χ0n) is 11.2. The minimum atomic E-state index is 0.489. The van der Waals surface area contributed by atoms with Crippen molar-refractivity contribution in [2.24, 2.45) is 0 Å². The molecule has 0 aliphatic rings. The maximum absolute atomic E-state index is 5.89. The first-order valence-corrected chi connectivity index (χ1v) is 7.00. The van der Waals surface area contributed by atoms with E-state index in [0.717, 1.165) is 28.8 Å². The van der Waals surface area contributed by atoms with Crippen LogP contribution in [0.3, 0.4) is 0 Å². The van der Waals surface area contributed by atoms with Gasteiger partial charge in [0.1, 0.15) is 16.5 Å². The molecule has 4 heteroatoms. The van der Waals surface area contributed by atoms with Crippen molar-refractivity contribution in [1.29, 1.82) is 0 Å². The highest BCUT2D eigenvalue weighted by molar-refractivity contribution is 6.29. The summed E-state index contributed by atoms with van der Waals surface area (Å²) >= 11 is 5.89. The van der Waals surface area contributed by atoms with E-state index in [1.807, 2.05) is 30.3 Å². The Morgan fingerprint density at radius 2 is 2.10 bits per heavy atom. The fraction of sp³-hybridized carbons (Fsp3) is 0.188. The van der Waals surface area contributed by atoms with Gasteiger partial charge in [0.2, 0.25) is 0 Å². The lowest BCUT2D eigenvalue weighted by molar-refractivity contribution is 0.551. The van der Waals surface area contributed by atoms with Gasteiger partial charge >= 0.3 is 0 Å². The van der Waals surface area contributed by atoms with Crippen molar-refractivity contribution >= 4 is 28.3 Å². The molecule has 20 heavy (non-hydrogen) atoms. The molecule has 3 rings (SSSR count). The number of aromatic nitrogens is 1. The van der Waals surface area contributed by atoms with Crippen LogP contribution in [0.1, 0.15) is 18.2 Å². The Balaban J connectivity index is 1.90. The average Bonchev–Trinajstić information content (AvgIpc) is 2.83. The van der Waals surface area contributed by atoms with Crippen molar-refractivity contribution < 1.29 is 4.42 Å². The number of hydrogen-bond donors (Lipinski definition) is 1. The van der Waals surface area contributed by atoms with E-state index in [1.54, 1.807) is 6.20 Å². The van der Waals surface area contributed by atoms with Gasteiger partial charge in [0.15, 0.2) is 0 Å². The molecule has 0 saturated carbocycles. The molecule has 0 amide bonds. The van der Waals surface area contributed by atoms with Gasteiger partial charge in [-0.05, 0) is 18.2 Å². The number of aryl methyl sites for hydroxylation is 1. The van der Waals surface area contributed by atoms with E-state index in [1.165, 1.54) is 5.56 Å². The third-order valence-corrected chi connectivity index (χ3v) is 3.51. The lowest BCUT2D eigenvalue weighted by Gasteiger charge is -2.06. The molecule has 3 aromatic rings. The highest BCUT2D eigenvalue weighted by Gasteiger charge is 2.11. The van der Waals surface area contributed by atoms with Crippen LogP contribution in [0.25, 0.3) is 11.0 Å². The van der Waals surface area contributed by atoms with Gasteiger partial charge in [0.25, 0.3) is 0 Å². The number of para-hydroxylation sites is 1. The van der Waals surface area contributed by atoms with E-state index < -0.39 is 0 Å². The molecular formula is C16H15ClN2O. The maximum Gasteiger partial charge on any atom is 0.134 e. The fourth-order valence-electron chi connectivity index (χ4n) is 2.33. The van der Waals surface area contributed by atoms with Gasteiger partial charge in [-0.3, -0.25) is 0 Å². The molecule has 2 heterocycles. The molecule has 1 aromatic carbocycles. The predicted molar refractivity (Wildman–Crippen MR) is 82.2 cm³/mol. The smallest absolute Gasteiger partial charge is 0.134 e. The van der Waals surface area contributed by atoms with Crippen molar-refractivity contribution in [3.8, 4) is 0 Å². The monoisotopic (exact) mass is 286 g/mol. The van der Waals surface area contributed by atoms with Crippen molar-refractivity contribution in [1.82, 2.24) is 4.98 Å². The topological polar surface area (TPSA) is 38.1 Å². The van der Waals surface area contributed by atoms with Crippen LogP contribution < -0.4 is 5.32 Å².